The summed E-state index contributed by atoms with van der Waals surface area (Å²) in [5, 5.41) is 0. The van der Waals surface area contributed by atoms with Gasteiger partial charge in [-0.3, -0.25) is 4.98 Å². The number of ether oxygens (including phenoxy) is 1. The number of rotatable bonds is 4. The Kier molecular flexibility index (Phi) is 5.65. The summed E-state index contributed by atoms with van der Waals surface area (Å²) in [4.78, 5) is 18.6. The summed E-state index contributed by atoms with van der Waals surface area (Å²) >= 11 is 0. The third-order valence-corrected chi connectivity index (χ3v) is 6.90. The number of hydrogen-bond acceptors (Lipinski definition) is 5. The maximum atomic E-state index is 15.6. The molecule has 6 rings (SSSR count). The van der Waals surface area contributed by atoms with Crippen molar-refractivity contribution in [3.63, 3.8) is 0 Å². The van der Waals surface area contributed by atoms with Crippen molar-refractivity contribution in [2.75, 3.05) is 0 Å². The molecule has 3 aromatic carbocycles. The Morgan fingerprint density at radius 3 is 1.66 bits per heavy atom. The number of pyridine rings is 1. The second kappa shape index (κ2) is 8.92. The third kappa shape index (κ3) is 4.27. The van der Waals surface area contributed by atoms with Crippen LogP contribution in [0.1, 0.15) is 38.8 Å². The van der Waals surface area contributed by atoms with Crippen molar-refractivity contribution in [1.82, 2.24) is 19.9 Å². The standard InChI is InChI=1S/C32H27FN4O/c1-31(2)24-16-15-22(17-25(24)32(3,4)38-31)27-26(33)18-23(19-34-27)30-36-28(20-11-7-5-8-12-20)35-29(37-30)21-13-9-6-10-14-21/h5-19H,1-4H3. The van der Waals surface area contributed by atoms with E-state index in [-0.39, 0.29) is 5.69 Å². The summed E-state index contributed by atoms with van der Waals surface area (Å²) in [7, 11) is 0. The molecular weight excluding hydrogens is 475 g/mol. The molecule has 0 fully saturated rings. The molecule has 5 nitrogen and oxygen atoms in total. The Bertz CT molecular complexity index is 1590. The monoisotopic (exact) mass is 502 g/mol. The predicted molar refractivity (Wildman–Crippen MR) is 146 cm³/mol. The molecule has 0 unspecified atom stereocenters. The van der Waals surface area contributed by atoms with Crippen LogP contribution in [-0.2, 0) is 15.9 Å². The molecular formula is C32H27FN4O. The zero-order chi connectivity index (χ0) is 26.5. The molecule has 0 N–H and O–H groups in total. The van der Waals surface area contributed by atoms with Crippen molar-refractivity contribution in [3.05, 3.63) is 108 Å². The van der Waals surface area contributed by atoms with Crippen LogP contribution in [0.25, 0.3) is 45.4 Å². The van der Waals surface area contributed by atoms with Crippen molar-refractivity contribution in [2.24, 2.45) is 0 Å². The zero-order valence-electron chi connectivity index (χ0n) is 21.7. The highest BCUT2D eigenvalue weighted by Crippen LogP contribution is 2.47. The minimum atomic E-state index is -0.474. The van der Waals surface area contributed by atoms with E-state index in [4.69, 9.17) is 9.72 Å². The van der Waals surface area contributed by atoms with Gasteiger partial charge in [0.05, 0.1) is 11.2 Å². The molecule has 0 atom stereocenters. The Labute approximate surface area is 221 Å². The molecule has 0 bridgehead atoms. The Hall–Kier alpha value is -4.29. The van der Waals surface area contributed by atoms with Gasteiger partial charge in [0.25, 0.3) is 0 Å². The number of nitrogens with zero attached hydrogens (tertiary/aromatic N) is 4. The normalized spacial score (nSPS) is 15.3. The Morgan fingerprint density at radius 2 is 1.11 bits per heavy atom. The first kappa shape index (κ1) is 24.1. The summed E-state index contributed by atoms with van der Waals surface area (Å²) in [6.07, 6.45) is 1.62. The highest BCUT2D eigenvalue weighted by atomic mass is 19.1. The average Bonchev–Trinajstić information content (AvgIpc) is 3.12. The number of halogens is 1. The van der Waals surface area contributed by atoms with Crippen LogP contribution < -0.4 is 0 Å². The lowest BCUT2D eigenvalue weighted by Crippen LogP contribution is -2.22. The number of hydrogen-bond donors (Lipinski definition) is 0. The SMILES string of the molecule is CC1(C)OC(C)(C)c2cc(-c3ncc(-c4nc(-c5ccccc5)nc(-c5ccccc5)n4)cc3F)ccc21. The Balaban J connectivity index is 1.43. The van der Waals surface area contributed by atoms with Crippen LogP contribution in [0.3, 0.4) is 0 Å². The first-order chi connectivity index (χ1) is 18.2. The van der Waals surface area contributed by atoms with Crippen LogP contribution in [0.4, 0.5) is 4.39 Å². The molecule has 0 aliphatic carbocycles. The molecule has 2 aromatic heterocycles. The highest BCUT2D eigenvalue weighted by Gasteiger charge is 2.43. The summed E-state index contributed by atoms with van der Waals surface area (Å²) < 4.78 is 21.9. The van der Waals surface area contributed by atoms with Gasteiger partial charge in [-0.05, 0) is 51.0 Å². The topological polar surface area (TPSA) is 60.8 Å². The van der Waals surface area contributed by atoms with Crippen molar-refractivity contribution in [3.8, 4) is 45.4 Å². The quantitative estimate of drug-likeness (QED) is 0.254. The minimum Gasteiger partial charge on any atom is -0.360 e. The van der Waals surface area contributed by atoms with Crippen LogP contribution in [0.5, 0.6) is 0 Å². The van der Waals surface area contributed by atoms with Crippen molar-refractivity contribution < 1.29 is 9.13 Å². The number of aromatic nitrogens is 4. The van der Waals surface area contributed by atoms with Gasteiger partial charge in [-0.1, -0.05) is 72.8 Å². The number of benzene rings is 3. The summed E-state index contributed by atoms with van der Waals surface area (Å²) in [6, 6.07) is 26.7. The Morgan fingerprint density at radius 1 is 0.579 bits per heavy atom. The fourth-order valence-corrected chi connectivity index (χ4v) is 5.17. The second-order valence-corrected chi connectivity index (χ2v) is 10.5. The van der Waals surface area contributed by atoms with Crippen LogP contribution >= 0.6 is 0 Å². The zero-order valence-corrected chi connectivity index (χ0v) is 21.7. The summed E-state index contributed by atoms with van der Waals surface area (Å²) in [6.45, 7) is 8.17. The molecule has 1 aliphatic rings. The van der Waals surface area contributed by atoms with Gasteiger partial charge in [0, 0.05) is 28.5 Å². The van der Waals surface area contributed by atoms with Gasteiger partial charge in [-0.15, -0.1) is 0 Å². The van der Waals surface area contributed by atoms with E-state index < -0.39 is 17.0 Å². The smallest absolute Gasteiger partial charge is 0.165 e. The molecule has 1 aliphatic heterocycles. The third-order valence-electron chi connectivity index (χ3n) is 6.90. The fourth-order valence-electron chi connectivity index (χ4n) is 5.17. The van der Waals surface area contributed by atoms with Crippen LogP contribution in [0.2, 0.25) is 0 Å². The van der Waals surface area contributed by atoms with E-state index in [9.17, 15) is 0 Å². The van der Waals surface area contributed by atoms with Gasteiger partial charge < -0.3 is 4.74 Å². The van der Waals surface area contributed by atoms with Gasteiger partial charge in [0.2, 0.25) is 0 Å². The lowest BCUT2D eigenvalue weighted by atomic mass is 9.88. The lowest BCUT2D eigenvalue weighted by Gasteiger charge is -2.24. The van der Waals surface area contributed by atoms with Crippen LogP contribution in [0.15, 0.2) is 91.1 Å². The van der Waals surface area contributed by atoms with Crippen molar-refractivity contribution in [2.45, 2.75) is 38.9 Å². The predicted octanol–water partition coefficient (Wildman–Crippen LogP) is 7.57. The van der Waals surface area contributed by atoms with Gasteiger partial charge in [-0.25, -0.2) is 19.3 Å². The van der Waals surface area contributed by atoms with E-state index in [1.165, 1.54) is 6.07 Å². The van der Waals surface area contributed by atoms with E-state index in [0.29, 0.717) is 28.6 Å². The van der Waals surface area contributed by atoms with Crippen molar-refractivity contribution >= 4 is 0 Å². The average molecular weight is 503 g/mol. The summed E-state index contributed by atoms with van der Waals surface area (Å²) in [5.74, 6) is 0.951. The van der Waals surface area contributed by atoms with Gasteiger partial charge in [0.1, 0.15) is 11.5 Å². The molecule has 5 aromatic rings. The number of fused-ring (bicyclic) bond motifs is 1. The summed E-state index contributed by atoms with van der Waals surface area (Å²) in [5.41, 5.74) is 4.43. The van der Waals surface area contributed by atoms with E-state index >= 15 is 4.39 Å². The fraction of sp³-hybridized carbons (Fsp3) is 0.188. The first-order valence-corrected chi connectivity index (χ1v) is 12.6. The van der Waals surface area contributed by atoms with Gasteiger partial charge in [-0.2, -0.15) is 0 Å². The molecule has 6 heteroatoms. The van der Waals surface area contributed by atoms with E-state index in [0.717, 1.165) is 22.3 Å². The van der Waals surface area contributed by atoms with Crippen molar-refractivity contribution in [1.29, 1.82) is 0 Å². The van der Waals surface area contributed by atoms with Crippen LogP contribution in [0, 0.1) is 5.82 Å². The first-order valence-electron chi connectivity index (χ1n) is 12.6. The maximum absolute atomic E-state index is 15.6. The van der Waals surface area contributed by atoms with E-state index in [1.54, 1.807) is 6.20 Å². The maximum Gasteiger partial charge on any atom is 0.165 e. The molecule has 188 valence electrons. The lowest BCUT2D eigenvalue weighted by molar-refractivity contribution is -0.105. The van der Waals surface area contributed by atoms with E-state index in [1.807, 2.05) is 92.7 Å². The molecule has 0 spiro atoms. The molecule has 0 saturated heterocycles. The molecule has 3 heterocycles. The molecule has 0 radical (unpaired) electrons. The van der Waals surface area contributed by atoms with Gasteiger partial charge >= 0.3 is 0 Å². The molecule has 0 amide bonds. The molecule has 0 saturated carbocycles. The highest BCUT2D eigenvalue weighted by molar-refractivity contribution is 5.69. The largest absolute Gasteiger partial charge is 0.360 e. The van der Waals surface area contributed by atoms with Crippen LogP contribution in [-0.4, -0.2) is 19.9 Å². The molecule has 38 heavy (non-hydrogen) atoms. The minimum absolute atomic E-state index is 0.276. The second-order valence-electron chi connectivity index (χ2n) is 10.5. The van der Waals surface area contributed by atoms with Gasteiger partial charge in [0.15, 0.2) is 17.5 Å². The van der Waals surface area contributed by atoms with E-state index in [2.05, 4.69) is 28.8 Å².